The number of benzene rings is 1. The van der Waals surface area contributed by atoms with E-state index in [4.69, 9.17) is 9.47 Å². The number of nitrogens with one attached hydrogen (secondary N) is 2. The Bertz CT molecular complexity index is 851. The van der Waals surface area contributed by atoms with Gasteiger partial charge in [0.2, 0.25) is 5.91 Å². The second kappa shape index (κ2) is 10.5. The summed E-state index contributed by atoms with van der Waals surface area (Å²) in [6.07, 6.45) is 0.501. The Kier molecular flexibility index (Phi) is 8.05. The maximum atomic E-state index is 12.5. The predicted octanol–water partition coefficient (Wildman–Crippen LogP) is 0.117. The number of hydrogen-bond donors (Lipinski definition) is 2. The van der Waals surface area contributed by atoms with Crippen molar-refractivity contribution < 1.29 is 33.4 Å². The molecule has 0 saturated carbocycles. The van der Waals surface area contributed by atoms with E-state index < -0.39 is 30.3 Å². The number of carbonyl (C=O) groups is 5. The van der Waals surface area contributed by atoms with Crippen molar-refractivity contribution in [3.63, 3.8) is 0 Å². The molecule has 4 amide bonds. The van der Waals surface area contributed by atoms with Gasteiger partial charge in [0, 0.05) is 26.3 Å². The molecule has 1 aromatic carbocycles. The van der Waals surface area contributed by atoms with Crippen LogP contribution in [0.15, 0.2) is 18.2 Å². The van der Waals surface area contributed by atoms with Crippen LogP contribution in [0.4, 0.5) is 0 Å². The fourth-order valence-electron chi connectivity index (χ4n) is 2.81. The van der Waals surface area contributed by atoms with Crippen LogP contribution in [0.2, 0.25) is 0 Å². The molecule has 0 aromatic heterocycles. The monoisotopic (exact) mass is 419 g/mol. The lowest BCUT2D eigenvalue weighted by atomic mass is 10.1. The SMILES string of the molecule is COCCCN1C(=O)c2ccc(C(=O)OCC(=O)NCC(=O)NC(C)C)cc2C1=O. The van der Waals surface area contributed by atoms with E-state index in [2.05, 4.69) is 10.6 Å². The summed E-state index contributed by atoms with van der Waals surface area (Å²) in [5, 5.41) is 4.94. The molecule has 0 spiro atoms. The minimum Gasteiger partial charge on any atom is -0.452 e. The molecule has 1 aliphatic heterocycles. The normalized spacial score (nSPS) is 12.7. The van der Waals surface area contributed by atoms with Gasteiger partial charge in [-0.25, -0.2) is 4.79 Å². The number of methoxy groups -OCH3 is 1. The Morgan fingerprint density at radius 3 is 2.43 bits per heavy atom. The molecule has 0 atom stereocenters. The number of carbonyl (C=O) groups excluding carboxylic acids is 5. The first-order valence-corrected chi connectivity index (χ1v) is 9.47. The Morgan fingerprint density at radius 1 is 1.07 bits per heavy atom. The fraction of sp³-hybridized carbons (Fsp3) is 0.450. The van der Waals surface area contributed by atoms with E-state index in [9.17, 15) is 24.0 Å². The lowest BCUT2D eigenvalue weighted by Gasteiger charge is -2.12. The molecule has 162 valence electrons. The molecule has 2 rings (SSSR count). The molecule has 0 unspecified atom stereocenters. The molecule has 0 radical (unpaired) electrons. The molecular weight excluding hydrogens is 394 g/mol. The molecular formula is C20H25N3O7. The van der Waals surface area contributed by atoms with Crippen molar-refractivity contribution >= 4 is 29.6 Å². The number of rotatable bonds is 10. The molecule has 1 aromatic rings. The molecule has 0 bridgehead atoms. The molecule has 1 heterocycles. The van der Waals surface area contributed by atoms with Crippen LogP contribution in [0.1, 0.15) is 51.3 Å². The van der Waals surface area contributed by atoms with Gasteiger partial charge < -0.3 is 20.1 Å². The summed E-state index contributed by atoms with van der Waals surface area (Å²) in [6, 6.07) is 3.97. The number of ether oxygens (including phenoxy) is 2. The third-order valence-electron chi connectivity index (χ3n) is 4.17. The van der Waals surface area contributed by atoms with Crippen LogP contribution < -0.4 is 10.6 Å². The van der Waals surface area contributed by atoms with Crippen molar-refractivity contribution in [2.45, 2.75) is 26.3 Å². The minimum absolute atomic E-state index is 0.0407. The van der Waals surface area contributed by atoms with E-state index in [0.717, 1.165) is 4.90 Å². The molecule has 0 fully saturated rings. The van der Waals surface area contributed by atoms with Crippen LogP contribution in [0.5, 0.6) is 0 Å². The molecule has 0 saturated heterocycles. The molecule has 30 heavy (non-hydrogen) atoms. The summed E-state index contributed by atoms with van der Waals surface area (Å²) in [5.74, 6) is -2.74. The molecule has 0 aliphatic carbocycles. The lowest BCUT2D eigenvalue weighted by molar-refractivity contribution is -0.128. The van der Waals surface area contributed by atoms with Gasteiger partial charge in [-0.1, -0.05) is 0 Å². The third kappa shape index (κ3) is 5.86. The topological polar surface area (TPSA) is 131 Å². The van der Waals surface area contributed by atoms with Gasteiger partial charge in [0.15, 0.2) is 6.61 Å². The van der Waals surface area contributed by atoms with Crippen molar-refractivity contribution in [2.75, 3.05) is 33.4 Å². The summed E-state index contributed by atoms with van der Waals surface area (Å²) >= 11 is 0. The van der Waals surface area contributed by atoms with E-state index in [0.29, 0.717) is 13.0 Å². The van der Waals surface area contributed by atoms with Gasteiger partial charge in [-0.3, -0.25) is 24.1 Å². The summed E-state index contributed by atoms with van der Waals surface area (Å²) in [4.78, 5) is 61.4. The standard InChI is InChI=1S/C20H25N3O7/c1-12(2)22-16(24)10-21-17(25)11-30-20(28)13-5-6-14-15(9-13)19(27)23(18(14)26)7-4-8-29-3/h5-6,9,12H,4,7-8,10-11H2,1-3H3,(H,21,25)(H,22,24). The summed E-state index contributed by atoms with van der Waals surface area (Å²) in [5.41, 5.74) is 0.364. The van der Waals surface area contributed by atoms with Crippen molar-refractivity contribution in [1.82, 2.24) is 15.5 Å². The summed E-state index contributed by atoms with van der Waals surface area (Å²) in [6.45, 7) is 3.38. The maximum absolute atomic E-state index is 12.5. The average Bonchev–Trinajstić information content (AvgIpc) is 2.94. The van der Waals surface area contributed by atoms with Crippen LogP contribution in [-0.2, 0) is 19.1 Å². The fourth-order valence-corrected chi connectivity index (χ4v) is 2.81. The molecule has 2 N–H and O–H groups in total. The highest BCUT2D eigenvalue weighted by Gasteiger charge is 2.35. The zero-order valence-corrected chi connectivity index (χ0v) is 17.1. The summed E-state index contributed by atoms with van der Waals surface area (Å²) < 4.78 is 9.85. The molecule has 10 heteroatoms. The van der Waals surface area contributed by atoms with Crippen molar-refractivity contribution in [3.05, 3.63) is 34.9 Å². The number of nitrogens with zero attached hydrogens (tertiary/aromatic N) is 1. The van der Waals surface area contributed by atoms with Gasteiger partial charge in [-0.2, -0.15) is 0 Å². The number of imide groups is 1. The van der Waals surface area contributed by atoms with Crippen molar-refractivity contribution in [3.8, 4) is 0 Å². The largest absolute Gasteiger partial charge is 0.452 e. The second-order valence-electron chi connectivity index (χ2n) is 6.94. The first kappa shape index (κ1) is 23.0. The quantitative estimate of drug-likeness (QED) is 0.313. The van der Waals surface area contributed by atoms with E-state index in [1.807, 2.05) is 0 Å². The number of fused-ring (bicyclic) bond motifs is 1. The van der Waals surface area contributed by atoms with E-state index in [-0.39, 0.29) is 41.7 Å². The Morgan fingerprint density at radius 2 is 1.77 bits per heavy atom. The van der Waals surface area contributed by atoms with Gasteiger partial charge in [0.1, 0.15) is 0 Å². The first-order chi connectivity index (χ1) is 14.2. The maximum Gasteiger partial charge on any atom is 0.338 e. The van der Waals surface area contributed by atoms with Gasteiger partial charge >= 0.3 is 5.97 Å². The van der Waals surface area contributed by atoms with Gasteiger partial charge in [0.25, 0.3) is 17.7 Å². The minimum atomic E-state index is -0.822. The van der Waals surface area contributed by atoms with Crippen LogP contribution >= 0.6 is 0 Å². The Labute approximate surface area is 173 Å². The van der Waals surface area contributed by atoms with Crippen molar-refractivity contribution in [2.24, 2.45) is 0 Å². The van der Waals surface area contributed by atoms with E-state index in [1.54, 1.807) is 13.8 Å². The number of esters is 1. The zero-order valence-electron chi connectivity index (χ0n) is 17.1. The Balaban J connectivity index is 1.92. The highest BCUT2D eigenvalue weighted by molar-refractivity contribution is 6.22. The van der Waals surface area contributed by atoms with Crippen molar-refractivity contribution in [1.29, 1.82) is 0 Å². The van der Waals surface area contributed by atoms with Gasteiger partial charge in [-0.05, 0) is 38.5 Å². The number of hydrogen-bond acceptors (Lipinski definition) is 7. The summed E-state index contributed by atoms with van der Waals surface area (Å²) in [7, 11) is 1.53. The van der Waals surface area contributed by atoms with Gasteiger partial charge in [-0.15, -0.1) is 0 Å². The zero-order chi connectivity index (χ0) is 22.3. The lowest BCUT2D eigenvalue weighted by Crippen LogP contribution is -2.41. The first-order valence-electron chi connectivity index (χ1n) is 9.47. The highest BCUT2D eigenvalue weighted by atomic mass is 16.5. The average molecular weight is 419 g/mol. The number of amides is 4. The van der Waals surface area contributed by atoms with Crippen LogP contribution in [0, 0.1) is 0 Å². The predicted molar refractivity (Wildman–Crippen MR) is 105 cm³/mol. The highest BCUT2D eigenvalue weighted by Crippen LogP contribution is 2.24. The second-order valence-corrected chi connectivity index (χ2v) is 6.94. The van der Waals surface area contributed by atoms with Gasteiger partial charge in [0.05, 0.1) is 23.2 Å². The van der Waals surface area contributed by atoms with Crippen LogP contribution in [-0.4, -0.2) is 74.0 Å². The van der Waals surface area contributed by atoms with E-state index in [1.165, 1.54) is 25.3 Å². The Hall–Kier alpha value is -3.27. The van der Waals surface area contributed by atoms with Crippen LogP contribution in [0.25, 0.3) is 0 Å². The molecule has 10 nitrogen and oxygen atoms in total. The molecule has 1 aliphatic rings. The smallest absolute Gasteiger partial charge is 0.338 e. The third-order valence-corrected chi connectivity index (χ3v) is 4.17. The van der Waals surface area contributed by atoms with E-state index >= 15 is 0 Å². The van der Waals surface area contributed by atoms with Crippen LogP contribution in [0.3, 0.4) is 0 Å².